The summed E-state index contributed by atoms with van der Waals surface area (Å²) in [6.45, 7) is 2.45. The van der Waals surface area contributed by atoms with Gasteiger partial charge in [0.25, 0.3) is 5.97 Å². The minimum absolute atomic E-state index is 0.237. The van der Waals surface area contributed by atoms with Crippen LogP contribution in [0.15, 0.2) is 18.2 Å². The Morgan fingerprint density at radius 3 is 2.16 bits per heavy atom. The lowest BCUT2D eigenvalue weighted by Crippen LogP contribution is -2.37. The second kappa shape index (κ2) is 12.3. The Balaban J connectivity index is 2.36. The largest absolute Gasteiger partial charge is 0.331 e. The molecule has 0 N–H and O–H groups in total. The van der Waals surface area contributed by atoms with Crippen molar-refractivity contribution in [3.05, 3.63) is 35.4 Å². The molecule has 0 amide bonds. The molecule has 3 nitrogen and oxygen atoms in total. The van der Waals surface area contributed by atoms with Crippen molar-refractivity contribution in [3.8, 4) is 0 Å². The topological polar surface area (TPSA) is 27.7 Å². The number of hydrogen-bond donors (Lipinski definition) is 0. The van der Waals surface area contributed by atoms with Gasteiger partial charge in [0.15, 0.2) is 0 Å². The first kappa shape index (κ1) is 22.0. The van der Waals surface area contributed by atoms with E-state index < -0.39 is 17.6 Å². The maximum Gasteiger partial charge on any atom is 0.282 e. The van der Waals surface area contributed by atoms with E-state index in [9.17, 15) is 8.78 Å². The molecule has 0 spiro atoms. The van der Waals surface area contributed by atoms with Gasteiger partial charge in [0.05, 0.1) is 6.61 Å². The number of hydrogen-bond acceptors (Lipinski definition) is 3. The smallest absolute Gasteiger partial charge is 0.282 e. The molecule has 0 unspecified atom stereocenters. The molecule has 0 saturated heterocycles. The van der Waals surface area contributed by atoms with E-state index in [0.717, 1.165) is 18.9 Å². The van der Waals surface area contributed by atoms with Crippen LogP contribution in [0.25, 0.3) is 0 Å². The molecule has 1 aromatic carbocycles. The van der Waals surface area contributed by atoms with Crippen LogP contribution in [0.3, 0.4) is 0 Å². The monoisotopic (exact) mass is 358 g/mol. The summed E-state index contributed by atoms with van der Waals surface area (Å²) in [5, 5.41) is 0. The summed E-state index contributed by atoms with van der Waals surface area (Å²) in [6.07, 6.45) is 9.29. The molecule has 25 heavy (non-hydrogen) atoms. The van der Waals surface area contributed by atoms with E-state index in [1.807, 2.05) is 0 Å². The Labute approximate surface area is 150 Å². The normalized spacial score (nSPS) is 11.9. The number of unbranched alkanes of at least 4 members (excludes halogenated alkanes) is 6. The van der Waals surface area contributed by atoms with Crippen molar-refractivity contribution in [1.29, 1.82) is 0 Å². The molecule has 0 atom stereocenters. The number of halogens is 2. The van der Waals surface area contributed by atoms with Crippen LogP contribution in [0.5, 0.6) is 0 Å². The molecule has 5 heteroatoms. The van der Waals surface area contributed by atoms with Gasteiger partial charge in [0.2, 0.25) is 0 Å². The molecular weight excluding hydrogens is 326 g/mol. The maximum absolute atomic E-state index is 13.7. The molecule has 0 radical (unpaired) electrons. The van der Waals surface area contributed by atoms with Crippen LogP contribution < -0.4 is 0 Å². The molecule has 1 rings (SSSR count). The van der Waals surface area contributed by atoms with Gasteiger partial charge in [-0.2, -0.15) is 0 Å². The second-order valence-corrected chi connectivity index (χ2v) is 6.30. The fourth-order valence-electron chi connectivity index (χ4n) is 2.82. The Morgan fingerprint density at radius 1 is 0.920 bits per heavy atom. The van der Waals surface area contributed by atoms with Crippen molar-refractivity contribution in [3.63, 3.8) is 0 Å². The zero-order valence-electron chi connectivity index (χ0n) is 15.8. The van der Waals surface area contributed by atoms with Crippen molar-refractivity contribution < 1.29 is 23.0 Å². The van der Waals surface area contributed by atoms with Crippen molar-refractivity contribution in [1.82, 2.24) is 0 Å². The molecule has 0 fully saturated rings. The Kier molecular flexibility index (Phi) is 10.9. The number of rotatable bonds is 14. The minimum atomic E-state index is -1.10. The highest BCUT2D eigenvalue weighted by Crippen LogP contribution is 2.23. The lowest BCUT2D eigenvalue weighted by atomic mass is 10.1. The van der Waals surface area contributed by atoms with Crippen LogP contribution in [0.2, 0.25) is 0 Å². The summed E-state index contributed by atoms with van der Waals surface area (Å²) in [7, 11) is 3.09. The Hall–Kier alpha value is -1.04. The summed E-state index contributed by atoms with van der Waals surface area (Å²) in [4.78, 5) is 0. The number of benzene rings is 1. The van der Waals surface area contributed by atoms with Gasteiger partial charge < -0.3 is 14.2 Å². The summed E-state index contributed by atoms with van der Waals surface area (Å²) < 4.78 is 43.2. The van der Waals surface area contributed by atoms with Crippen LogP contribution in [0, 0.1) is 11.6 Å². The van der Waals surface area contributed by atoms with Gasteiger partial charge >= 0.3 is 0 Å². The predicted molar refractivity (Wildman–Crippen MR) is 95.4 cm³/mol. The van der Waals surface area contributed by atoms with Crippen molar-refractivity contribution in [2.45, 2.75) is 70.7 Å². The van der Waals surface area contributed by atoms with E-state index in [1.165, 1.54) is 44.2 Å². The lowest BCUT2D eigenvalue weighted by Gasteiger charge is -2.30. The standard InChI is InChI=1S/C20H32F2O3/c1-4-5-6-7-8-9-10-14-20(23-2,24-3)25-15-13-17-11-12-18(21)16-19(17)22/h11-12,16H,4-10,13-15H2,1-3H3. The van der Waals surface area contributed by atoms with Crippen LogP contribution in [-0.2, 0) is 20.6 Å². The highest BCUT2D eigenvalue weighted by atomic mass is 19.1. The van der Waals surface area contributed by atoms with Gasteiger partial charge in [-0.3, -0.25) is 0 Å². The third kappa shape index (κ3) is 8.25. The summed E-state index contributed by atoms with van der Waals surface area (Å²) in [6, 6.07) is 3.57. The highest BCUT2D eigenvalue weighted by Gasteiger charge is 2.30. The SMILES string of the molecule is CCCCCCCCCC(OC)(OC)OCCc1ccc(F)cc1F. The van der Waals surface area contributed by atoms with E-state index >= 15 is 0 Å². The second-order valence-electron chi connectivity index (χ2n) is 6.30. The molecule has 0 aliphatic heterocycles. The fraction of sp³-hybridized carbons (Fsp3) is 0.700. The van der Waals surface area contributed by atoms with Crippen LogP contribution in [0.1, 0.15) is 63.9 Å². The van der Waals surface area contributed by atoms with Crippen molar-refractivity contribution in [2.75, 3.05) is 20.8 Å². The van der Waals surface area contributed by atoms with Crippen LogP contribution >= 0.6 is 0 Å². The highest BCUT2D eigenvalue weighted by molar-refractivity contribution is 5.18. The average Bonchev–Trinajstić information content (AvgIpc) is 2.61. The molecule has 144 valence electrons. The van der Waals surface area contributed by atoms with E-state index in [1.54, 1.807) is 14.2 Å². The first-order valence-corrected chi connectivity index (χ1v) is 9.25. The molecule has 0 aliphatic rings. The maximum atomic E-state index is 13.7. The quantitative estimate of drug-likeness (QED) is 0.319. The summed E-state index contributed by atoms with van der Waals surface area (Å²) >= 11 is 0. The lowest BCUT2D eigenvalue weighted by molar-refractivity contribution is -0.365. The summed E-state index contributed by atoms with van der Waals surface area (Å²) in [5.74, 6) is -2.24. The van der Waals surface area contributed by atoms with Gasteiger partial charge in [-0.15, -0.1) is 0 Å². The van der Waals surface area contributed by atoms with Gasteiger partial charge in [0.1, 0.15) is 11.6 Å². The Bertz CT molecular complexity index is 476. The third-order valence-corrected chi connectivity index (χ3v) is 4.42. The zero-order valence-corrected chi connectivity index (χ0v) is 15.8. The molecular formula is C20H32F2O3. The molecule has 0 bridgehead atoms. The van der Waals surface area contributed by atoms with Gasteiger partial charge in [-0.1, -0.05) is 51.5 Å². The van der Waals surface area contributed by atoms with E-state index in [4.69, 9.17) is 14.2 Å². The Morgan fingerprint density at radius 2 is 1.56 bits per heavy atom. The molecule has 0 aliphatic carbocycles. The fourth-order valence-corrected chi connectivity index (χ4v) is 2.82. The van der Waals surface area contributed by atoms with Crippen LogP contribution in [0.4, 0.5) is 8.78 Å². The first-order valence-electron chi connectivity index (χ1n) is 9.25. The van der Waals surface area contributed by atoms with E-state index in [-0.39, 0.29) is 6.61 Å². The first-order chi connectivity index (χ1) is 12.1. The third-order valence-electron chi connectivity index (χ3n) is 4.42. The molecule has 0 saturated carbocycles. The number of ether oxygens (including phenoxy) is 3. The van der Waals surface area contributed by atoms with Crippen LogP contribution in [-0.4, -0.2) is 26.8 Å². The van der Waals surface area contributed by atoms with Crippen molar-refractivity contribution in [2.24, 2.45) is 0 Å². The van der Waals surface area contributed by atoms with Crippen molar-refractivity contribution >= 4 is 0 Å². The average molecular weight is 358 g/mol. The zero-order chi connectivity index (χ0) is 18.5. The minimum Gasteiger partial charge on any atom is -0.331 e. The molecule has 0 aromatic heterocycles. The van der Waals surface area contributed by atoms with Gasteiger partial charge in [-0.25, -0.2) is 8.78 Å². The predicted octanol–water partition coefficient (Wildman–Crippen LogP) is 5.61. The van der Waals surface area contributed by atoms with E-state index in [2.05, 4.69) is 6.92 Å². The molecule has 0 heterocycles. The van der Waals surface area contributed by atoms with Gasteiger partial charge in [-0.05, 0) is 24.5 Å². The van der Waals surface area contributed by atoms with Gasteiger partial charge in [0, 0.05) is 26.7 Å². The summed E-state index contributed by atoms with van der Waals surface area (Å²) in [5.41, 5.74) is 0.415. The molecule has 1 aromatic rings. The number of methoxy groups -OCH3 is 2. The van der Waals surface area contributed by atoms with E-state index in [0.29, 0.717) is 18.4 Å².